The van der Waals surface area contributed by atoms with Crippen LogP contribution in [-0.4, -0.2) is 29.7 Å². The van der Waals surface area contributed by atoms with Crippen LogP contribution in [-0.2, 0) is 9.47 Å². The van der Waals surface area contributed by atoms with Gasteiger partial charge in [-0.3, -0.25) is 0 Å². The molecule has 0 saturated heterocycles. The van der Waals surface area contributed by atoms with E-state index >= 15 is 0 Å². The van der Waals surface area contributed by atoms with Crippen LogP contribution in [0.5, 0.6) is 0 Å². The third-order valence-electron chi connectivity index (χ3n) is 1.84. The van der Waals surface area contributed by atoms with Crippen LogP contribution in [0.3, 0.4) is 0 Å². The second-order valence-electron chi connectivity index (χ2n) is 3.09. The lowest BCUT2D eigenvalue weighted by Crippen LogP contribution is -1.94. The zero-order chi connectivity index (χ0) is 13.1. The quantitative estimate of drug-likeness (QED) is 0.372. The average molecular weight is 283 g/mol. The van der Waals surface area contributed by atoms with E-state index in [2.05, 4.69) is 18.1 Å². The van der Waals surface area contributed by atoms with Crippen LogP contribution in [0.1, 0.15) is 0 Å². The van der Waals surface area contributed by atoms with Gasteiger partial charge in [0.15, 0.2) is 0 Å². The van der Waals surface area contributed by atoms with Crippen molar-refractivity contribution in [2.24, 2.45) is 0 Å². The molecule has 1 heterocycles. The van der Waals surface area contributed by atoms with Gasteiger partial charge < -0.3 is 9.47 Å². The largest absolute Gasteiger partial charge is 0.501 e. The summed E-state index contributed by atoms with van der Waals surface area (Å²) < 4.78 is 10.1. The molecule has 0 spiro atoms. The van der Waals surface area contributed by atoms with E-state index in [0.717, 1.165) is 21.6 Å². The molecular formula is C13H17NO2S2. The Hall–Kier alpha value is -1.07. The molecule has 0 aliphatic rings. The van der Waals surface area contributed by atoms with Crippen molar-refractivity contribution < 1.29 is 9.47 Å². The topological polar surface area (TPSA) is 31.4 Å². The average Bonchev–Trinajstić information content (AvgIpc) is 2.40. The fourth-order valence-electron chi connectivity index (χ4n) is 1.11. The fraction of sp³-hybridized carbons (Fsp3) is 0.308. The third kappa shape index (κ3) is 6.61. The van der Waals surface area contributed by atoms with E-state index in [1.54, 1.807) is 23.5 Å². The van der Waals surface area contributed by atoms with Gasteiger partial charge in [-0.05, 0) is 12.1 Å². The maximum Gasteiger partial charge on any atom is 0.0974 e. The summed E-state index contributed by atoms with van der Waals surface area (Å²) in [7, 11) is 0. The Balaban J connectivity index is 2.31. The van der Waals surface area contributed by atoms with E-state index < -0.39 is 0 Å². The Bertz CT molecular complexity index is 341. The van der Waals surface area contributed by atoms with Gasteiger partial charge in [-0.1, -0.05) is 19.2 Å². The first-order valence-corrected chi connectivity index (χ1v) is 7.51. The van der Waals surface area contributed by atoms with Gasteiger partial charge in [-0.15, -0.1) is 23.5 Å². The predicted octanol–water partition coefficient (Wildman–Crippen LogP) is 3.59. The van der Waals surface area contributed by atoms with Crippen LogP contribution >= 0.6 is 23.5 Å². The SMILES string of the molecule is C=COCCSc1cccc(SCCOC=C)n1. The highest BCUT2D eigenvalue weighted by Crippen LogP contribution is 2.20. The Morgan fingerprint density at radius 2 is 1.50 bits per heavy atom. The molecular weight excluding hydrogens is 266 g/mol. The highest BCUT2D eigenvalue weighted by atomic mass is 32.2. The molecule has 1 aromatic heterocycles. The van der Waals surface area contributed by atoms with Gasteiger partial charge in [-0.2, -0.15) is 0 Å². The first-order valence-electron chi connectivity index (χ1n) is 5.54. The standard InChI is InChI=1S/C13H17NO2S2/c1-3-15-8-10-17-12-6-5-7-13(14-12)18-11-9-16-4-2/h3-7H,1-2,8-11H2. The lowest BCUT2D eigenvalue weighted by molar-refractivity contribution is 0.274. The van der Waals surface area contributed by atoms with Crippen LogP contribution in [0.25, 0.3) is 0 Å². The summed E-state index contributed by atoms with van der Waals surface area (Å²) in [6.07, 6.45) is 2.92. The van der Waals surface area contributed by atoms with Crippen molar-refractivity contribution in [3.63, 3.8) is 0 Å². The summed E-state index contributed by atoms with van der Waals surface area (Å²) in [6.45, 7) is 8.30. The number of nitrogens with zero attached hydrogens (tertiary/aromatic N) is 1. The van der Waals surface area contributed by atoms with Gasteiger partial charge in [0, 0.05) is 11.5 Å². The molecule has 0 unspecified atom stereocenters. The van der Waals surface area contributed by atoms with Crippen molar-refractivity contribution in [1.82, 2.24) is 4.98 Å². The van der Waals surface area contributed by atoms with Crippen molar-refractivity contribution in [3.8, 4) is 0 Å². The molecule has 0 saturated carbocycles. The summed E-state index contributed by atoms with van der Waals surface area (Å²) in [5.41, 5.74) is 0. The van der Waals surface area contributed by atoms with E-state index in [1.807, 2.05) is 18.2 Å². The lowest BCUT2D eigenvalue weighted by atomic mass is 10.5. The monoisotopic (exact) mass is 283 g/mol. The number of pyridine rings is 1. The summed E-state index contributed by atoms with van der Waals surface area (Å²) >= 11 is 3.35. The Morgan fingerprint density at radius 3 is 1.94 bits per heavy atom. The third-order valence-corrected chi connectivity index (χ3v) is 3.62. The molecule has 0 aromatic carbocycles. The molecule has 0 aliphatic heterocycles. The smallest absolute Gasteiger partial charge is 0.0974 e. The van der Waals surface area contributed by atoms with Crippen LogP contribution in [0, 0.1) is 0 Å². The molecule has 0 aliphatic carbocycles. The number of hydrogen-bond acceptors (Lipinski definition) is 5. The number of thioether (sulfide) groups is 2. The Morgan fingerprint density at radius 1 is 1.00 bits per heavy atom. The molecule has 98 valence electrons. The van der Waals surface area contributed by atoms with Crippen LogP contribution in [0.4, 0.5) is 0 Å². The number of hydrogen-bond donors (Lipinski definition) is 0. The fourth-order valence-corrected chi connectivity index (χ4v) is 2.62. The first-order chi connectivity index (χ1) is 8.86. The van der Waals surface area contributed by atoms with Gasteiger partial charge in [-0.25, -0.2) is 4.98 Å². The molecule has 1 rings (SSSR count). The molecule has 0 N–H and O–H groups in total. The molecule has 0 amide bonds. The number of ether oxygens (including phenoxy) is 2. The summed E-state index contributed by atoms with van der Waals surface area (Å²) in [5, 5.41) is 2.02. The predicted molar refractivity (Wildman–Crippen MR) is 78.0 cm³/mol. The summed E-state index contributed by atoms with van der Waals surface area (Å²) in [4.78, 5) is 4.53. The van der Waals surface area contributed by atoms with Gasteiger partial charge in [0.25, 0.3) is 0 Å². The second kappa shape index (κ2) is 9.91. The number of aromatic nitrogens is 1. The van der Waals surface area contributed by atoms with Crippen molar-refractivity contribution >= 4 is 23.5 Å². The first kappa shape index (κ1) is 15.0. The zero-order valence-corrected chi connectivity index (χ0v) is 11.8. The summed E-state index contributed by atoms with van der Waals surface area (Å²) in [5.74, 6) is 1.74. The minimum absolute atomic E-state index is 0.653. The van der Waals surface area contributed by atoms with E-state index in [9.17, 15) is 0 Å². The van der Waals surface area contributed by atoms with Crippen LogP contribution in [0.2, 0.25) is 0 Å². The molecule has 0 fully saturated rings. The van der Waals surface area contributed by atoms with Gasteiger partial charge in [0.05, 0.1) is 35.8 Å². The Labute approximate surface area is 117 Å². The zero-order valence-electron chi connectivity index (χ0n) is 10.2. The highest BCUT2D eigenvalue weighted by molar-refractivity contribution is 7.99. The van der Waals surface area contributed by atoms with Gasteiger partial charge in [0.2, 0.25) is 0 Å². The van der Waals surface area contributed by atoms with E-state index in [-0.39, 0.29) is 0 Å². The molecule has 0 radical (unpaired) electrons. The van der Waals surface area contributed by atoms with Crippen LogP contribution < -0.4 is 0 Å². The second-order valence-corrected chi connectivity index (χ2v) is 5.32. The minimum atomic E-state index is 0.653. The Kier molecular flexibility index (Phi) is 8.25. The maximum atomic E-state index is 5.06. The molecule has 3 nitrogen and oxygen atoms in total. The minimum Gasteiger partial charge on any atom is -0.501 e. The van der Waals surface area contributed by atoms with Crippen molar-refractivity contribution in [2.75, 3.05) is 24.7 Å². The van der Waals surface area contributed by atoms with Crippen molar-refractivity contribution in [3.05, 3.63) is 43.9 Å². The summed E-state index contributed by atoms with van der Waals surface area (Å²) in [6, 6.07) is 6.02. The van der Waals surface area contributed by atoms with Crippen LogP contribution in [0.15, 0.2) is 53.9 Å². The van der Waals surface area contributed by atoms with Gasteiger partial charge >= 0.3 is 0 Å². The van der Waals surface area contributed by atoms with E-state index in [4.69, 9.17) is 9.47 Å². The van der Waals surface area contributed by atoms with Crippen molar-refractivity contribution in [2.45, 2.75) is 10.1 Å². The highest BCUT2D eigenvalue weighted by Gasteiger charge is 1.99. The van der Waals surface area contributed by atoms with Crippen molar-refractivity contribution in [1.29, 1.82) is 0 Å². The molecule has 18 heavy (non-hydrogen) atoms. The van der Waals surface area contributed by atoms with Gasteiger partial charge in [0.1, 0.15) is 0 Å². The molecule has 0 bridgehead atoms. The number of rotatable bonds is 10. The molecule has 5 heteroatoms. The maximum absolute atomic E-state index is 5.06. The lowest BCUT2D eigenvalue weighted by Gasteiger charge is -2.04. The van der Waals surface area contributed by atoms with E-state index in [1.165, 1.54) is 12.5 Å². The molecule has 0 atom stereocenters. The van der Waals surface area contributed by atoms with E-state index in [0.29, 0.717) is 13.2 Å². The normalized spacial score (nSPS) is 9.78. The molecule has 1 aromatic rings.